The first-order valence-electron chi connectivity index (χ1n) is 6.19. The van der Waals surface area contributed by atoms with Gasteiger partial charge in [-0.2, -0.15) is 0 Å². The Balaban J connectivity index is 2.59. The summed E-state index contributed by atoms with van der Waals surface area (Å²) < 4.78 is 11.1. The first-order valence-corrected chi connectivity index (χ1v) is 6.19. The molecule has 3 nitrogen and oxygen atoms in total. The van der Waals surface area contributed by atoms with E-state index >= 15 is 0 Å². The van der Waals surface area contributed by atoms with Crippen molar-refractivity contribution in [3.8, 4) is 11.5 Å². The van der Waals surface area contributed by atoms with Crippen LogP contribution in [0.2, 0.25) is 0 Å². The lowest BCUT2D eigenvalue weighted by atomic mass is 9.94. The van der Waals surface area contributed by atoms with Crippen molar-refractivity contribution in [2.45, 2.75) is 32.1 Å². The SMILES string of the molecule is COc1cc(C(C)CN)c(OC)c2c1CCC2. The van der Waals surface area contributed by atoms with E-state index in [-0.39, 0.29) is 0 Å². The number of hydrogen-bond acceptors (Lipinski definition) is 3. The molecule has 1 atom stereocenters. The fourth-order valence-electron chi connectivity index (χ4n) is 2.65. The molecule has 0 saturated carbocycles. The van der Waals surface area contributed by atoms with Crippen molar-refractivity contribution in [2.24, 2.45) is 5.73 Å². The van der Waals surface area contributed by atoms with Crippen molar-refractivity contribution in [3.63, 3.8) is 0 Å². The molecule has 1 aromatic rings. The highest BCUT2D eigenvalue weighted by Gasteiger charge is 2.24. The molecule has 0 heterocycles. The summed E-state index contributed by atoms with van der Waals surface area (Å²) in [5.41, 5.74) is 9.58. The van der Waals surface area contributed by atoms with Crippen LogP contribution < -0.4 is 15.2 Å². The van der Waals surface area contributed by atoms with Crippen LogP contribution in [0.25, 0.3) is 0 Å². The van der Waals surface area contributed by atoms with Gasteiger partial charge < -0.3 is 15.2 Å². The van der Waals surface area contributed by atoms with Gasteiger partial charge in [-0.15, -0.1) is 0 Å². The van der Waals surface area contributed by atoms with E-state index in [1.807, 2.05) is 0 Å². The number of benzene rings is 1. The molecule has 3 heteroatoms. The smallest absolute Gasteiger partial charge is 0.126 e. The van der Waals surface area contributed by atoms with E-state index in [9.17, 15) is 0 Å². The second-order valence-electron chi connectivity index (χ2n) is 4.65. The van der Waals surface area contributed by atoms with Gasteiger partial charge in [0.2, 0.25) is 0 Å². The molecule has 94 valence electrons. The van der Waals surface area contributed by atoms with Gasteiger partial charge in [-0.1, -0.05) is 6.92 Å². The van der Waals surface area contributed by atoms with Crippen LogP contribution in [-0.2, 0) is 12.8 Å². The number of methoxy groups -OCH3 is 2. The molecule has 0 bridgehead atoms. The quantitative estimate of drug-likeness (QED) is 0.870. The maximum absolute atomic E-state index is 5.77. The Bertz CT molecular complexity index is 415. The zero-order chi connectivity index (χ0) is 12.4. The summed E-state index contributed by atoms with van der Waals surface area (Å²) in [6.07, 6.45) is 3.36. The summed E-state index contributed by atoms with van der Waals surface area (Å²) in [6, 6.07) is 2.10. The minimum atomic E-state index is 0.296. The molecule has 17 heavy (non-hydrogen) atoms. The van der Waals surface area contributed by atoms with Gasteiger partial charge in [-0.25, -0.2) is 0 Å². The van der Waals surface area contributed by atoms with Crippen LogP contribution >= 0.6 is 0 Å². The predicted octanol–water partition coefficient (Wildman–Crippen LogP) is 2.25. The average molecular weight is 235 g/mol. The van der Waals surface area contributed by atoms with Crippen LogP contribution in [0.5, 0.6) is 11.5 Å². The van der Waals surface area contributed by atoms with E-state index < -0.39 is 0 Å². The van der Waals surface area contributed by atoms with Crippen LogP contribution in [0.1, 0.15) is 36.0 Å². The van der Waals surface area contributed by atoms with Crippen molar-refractivity contribution in [2.75, 3.05) is 20.8 Å². The van der Waals surface area contributed by atoms with E-state index in [1.165, 1.54) is 23.1 Å². The monoisotopic (exact) mass is 235 g/mol. The van der Waals surface area contributed by atoms with E-state index in [2.05, 4.69) is 13.0 Å². The highest BCUT2D eigenvalue weighted by molar-refractivity contribution is 5.56. The van der Waals surface area contributed by atoms with Crippen molar-refractivity contribution < 1.29 is 9.47 Å². The van der Waals surface area contributed by atoms with Gasteiger partial charge in [-0.3, -0.25) is 0 Å². The van der Waals surface area contributed by atoms with Crippen LogP contribution in [0.15, 0.2) is 6.07 Å². The lowest BCUT2D eigenvalue weighted by Gasteiger charge is -2.19. The molecule has 2 rings (SSSR count). The molecule has 0 aliphatic heterocycles. The summed E-state index contributed by atoms with van der Waals surface area (Å²) in [6.45, 7) is 2.75. The molecule has 0 saturated heterocycles. The number of hydrogen-bond donors (Lipinski definition) is 1. The first kappa shape index (κ1) is 12.2. The second kappa shape index (κ2) is 4.96. The fourth-order valence-corrected chi connectivity index (χ4v) is 2.65. The van der Waals surface area contributed by atoms with E-state index in [0.717, 1.165) is 24.3 Å². The molecule has 1 aromatic carbocycles. The normalized spacial score (nSPS) is 15.5. The van der Waals surface area contributed by atoms with Crippen molar-refractivity contribution in [1.29, 1.82) is 0 Å². The third-order valence-electron chi connectivity index (χ3n) is 3.65. The topological polar surface area (TPSA) is 44.5 Å². The zero-order valence-electron chi connectivity index (χ0n) is 10.9. The van der Waals surface area contributed by atoms with Gasteiger partial charge in [0.25, 0.3) is 0 Å². The van der Waals surface area contributed by atoms with Crippen molar-refractivity contribution in [1.82, 2.24) is 0 Å². The Labute approximate surface area is 103 Å². The Morgan fingerprint density at radius 1 is 1.24 bits per heavy atom. The molecular weight excluding hydrogens is 214 g/mol. The Hall–Kier alpha value is -1.22. The predicted molar refractivity (Wildman–Crippen MR) is 69.0 cm³/mol. The Morgan fingerprint density at radius 3 is 2.53 bits per heavy atom. The average Bonchev–Trinajstić information content (AvgIpc) is 2.84. The number of ether oxygens (including phenoxy) is 2. The van der Waals surface area contributed by atoms with Gasteiger partial charge >= 0.3 is 0 Å². The minimum absolute atomic E-state index is 0.296. The van der Waals surface area contributed by atoms with Crippen LogP contribution in [0.4, 0.5) is 0 Å². The lowest BCUT2D eigenvalue weighted by molar-refractivity contribution is 0.391. The van der Waals surface area contributed by atoms with E-state index in [4.69, 9.17) is 15.2 Å². The molecular formula is C14H21NO2. The third kappa shape index (κ3) is 2.00. The summed E-state index contributed by atoms with van der Waals surface area (Å²) in [5.74, 6) is 2.31. The van der Waals surface area contributed by atoms with Crippen molar-refractivity contribution in [3.05, 3.63) is 22.8 Å². The maximum Gasteiger partial charge on any atom is 0.126 e. The molecule has 1 aliphatic carbocycles. The summed E-state index contributed by atoms with van der Waals surface area (Å²) in [5, 5.41) is 0. The molecule has 0 amide bonds. The molecule has 1 aliphatic rings. The summed E-state index contributed by atoms with van der Waals surface area (Å²) in [4.78, 5) is 0. The van der Waals surface area contributed by atoms with Crippen LogP contribution in [-0.4, -0.2) is 20.8 Å². The molecule has 0 radical (unpaired) electrons. The number of fused-ring (bicyclic) bond motifs is 1. The minimum Gasteiger partial charge on any atom is -0.496 e. The van der Waals surface area contributed by atoms with E-state index in [0.29, 0.717) is 12.5 Å². The Kier molecular flexibility index (Phi) is 3.57. The highest BCUT2D eigenvalue weighted by Crippen LogP contribution is 2.42. The van der Waals surface area contributed by atoms with Gasteiger partial charge in [-0.05, 0) is 37.8 Å². The molecule has 1 unspecified atom stereocenters. The zero-order valence-corrected chi connectivity index (χ0v) is 10.9. The van der Waals surface area contributed by atoms with Gasteiger partial charge in [0.15, 0.2) is 0 Å². The number of nitrogens with two attached hydrogens (primary N) is 1. The number of rotatable bonds is 4. The fraction of sp³-hybridized carbons (Fsp3) is 0.571. The molecule has 0 aromatic heterocycles. The van der Waals surface area contributed by atoms with Gasteiger partial charge in [0.1, 0.15) is 11.5 Å². The lowest BCUT2D eigenvalue weighted by Crippen LogP contribution is -2.11. The van der Waals surface area contributed by atoms with E-state index in [1.54, 1.807) is 14.2 Å². The highest BCUT2D eigenvalue weighted by atomic mass is 16.5. The summed E-state index contributed by atoms with van der Waals surface area (Å²) >= 11 is 0. The van der Waals surface area contributed by atoms with Gasteiger partial charge in [0.05, 0.1) is 14.2 Å². The second-order valence-corrected chi connectivity index (χ2v) is 4.65. The van der Waals surface area contributed by atoms with Crippen molar-refractivity contribution >= 4 is 0 Å². The van der Waals surface area contributed by atoms with Crippen LogP contribution in [0.3, 0.4) is 0 Å². The maximum atomic E-state index is 5.77. The van der Waals surface area contributed by atoms with Gasteiger partial charge in [0, 0.05) is 16.7 Å². The molecule has 0 spiro atoms. The molecule has 2 N–H and O–H groups in total. The largest absolute Gasteiger partial charge is 0.496 e. The Morgan fingerprint density at radius 2 is 1.94 bits per heavy atom. The first-order chi connectivity index (χ1) is 8.22. The molecule has 0 fully saturated rings. The summed E-state index contributed by atoms with van der Waals surface area (Å²) in [7, 11) is 3.48. The third-order valence-corrected chi connectivity index (χ3v) is 3.65. The standard InChI is InChI=1S/C14H21NO2/c1-9(8-15)12-7-13(16-2)10-5-4-6-11(10)14(12)17-3/h7,9H,4-6,8,15H2,1-3H3. The van der Waals surface area contributed by atoms with Crippen LogP contribution in [0, 0.1) is 0 Å².